The molecule has 0 aliphatic carbocycles. The minimum Gasteiger partial charge on any atom is -0.466 e. The van der Waals surface area contributed by atoms with Crippen LogP contribution >= 0.6 is 0 Å². The summed E-state index contributed by atoms with van der Waals surface area (Å²) in [5, 5.41) is 0. The van der Waals surface area contributed by atoms with Gasteiger partial charge in [-0.3, -0.25) is 9.59 Å². The molecular weight excluding hydrogens is 232 g/mol. The zero-order chi connectivity index (χ0) is 13.8. The molecule has 4 heteroatoms. The second kappa shape index (κ2) is 11.1. The summed E-state index contributed by atoms with van der Waals surface area (Å²) in [6.07, 6.45) is 5.21. The number of carbonyl (C=O) groups excluding carboxylic acids is 2. The van der Waals surface area contributed by atoms with E-state index in [0.29, 0.717) is 19.6 Å². The zero-order valence-electron chi connectivity index (χ0n) is 11.9. The maximum atomic E-state index is 11.7. The summed E-state index contributed by atoms with van der Waals surface area (Å²) >= 11 is 0. The Morgan fingerprint density at radius 1 is 0.944 bits per heavy atom. The van der Waals surface area contributed by atoms with Gasteiger partial charge in [0.15, 0.2) is 0 Å². The molecule has 106 valence electrons. The lowest BCUT2D eigenvalue weighted by molar-refractivity contribution is -0.155. The highest BCUT2D eigenvalue weighted by atomic mass is 16.5. The average molecular weight is 258 g/mol. The van der Waals surface area contributed by atoms with Gasteiger partial charge in [-0.2, -0.15) is 0 Å². The van der Waals surface area contributed by atoms with E-state index in [1.54, 1.807) is 13.8 Å². The number of esters is 2. The Bertz CT molecular complexity index is 238. The lowest BCUT2D eigenvalue weighted by atomic mass is 9.97. The van der Waals surface area contributed by atoms with E-state index in [4.69, 9.17) is 9.47 Å². The lowest BCUT2D eigenvalue weighted by Crippen LogP contribution is -2.22. The van der Waals surface area contributed by atoms with Crippen LogP contribution in [0.25, 0.3) is 0 Å². The average Bonchev–Trinajstić information content (AvgIpc) is 2.33. The topological polar surface area (TPSA) is 52.6 Å². The molecule has 0 saturated heterocycles. The molecule has 0 aromatic heterocycles. The number of ether oxygens (including phenoxy) is 2. The Morgan fingerprint density at radius 2 is 1.61 bits per heavy atom. The highest BCUT2D eigenvalue weighted by molar-refractivity contribution is 5.79. The Labute approximate surface area is 110 Å². The molecule has 1 atom stereocenters. The van der Waals surface area contributed by atoms with Crippen LogP contribution in [0.3, 0.4) is 0 Å². The Kier molecular flexibility index (Phi) is 10.4. The van der Waals surface area contributed by atoms with Crippen LogP contribution in [0.4, 0.5) is 0 Å². The van der Waals surface area contributed by atoms with Crippen LogP contribution < -0.4 is 0 Å². The van der Waals surface area contributed by atoms with Gasteiger partial charge in [0.2, 0.25) is 0 Å². The van der Waals surface area contributed by atoms with Crippen LogP contribution in [-0.4, -0.2) is 25.2 Å². The van der Waals surface area contributed by atoms with Crippen molar-refractivity contribution in [2.24, 2.45) is 5.92 Å². The van der Waals surface area contributed by atoms with Gasteiger partial charge in [0.25, 0.3) is 0 Å². The van der Waals surface area contributed by atoms with Crippen molar-refractivity contribution >= 4 is 11.9 Å². The maximum Gasteiger partial charge on any atom is 0.309 e. The molecule has 0 aliphatic heterocycles. The Morgan fingerprint density at radius 3 is 2.17 bits per heavy atom. The molecule has 0 radical (unpaired) electrons. The summed E-state index contributed by atoms with van der Waals surface area (Å²) in [6.45, 7) is 6.38. The van der Waals surface area contributed by atoms with Gasteiger partial charge in [-0.15, -0.1) is 0 Å². The first-order chi connectivity index (χ1) is 8.65. The second-order valence-corrected chi connectivity index (χ2v) is 4.31. The quantitative estimate of drug-likeness (QED) is 0.446. The molecule has 18 heavy (non-hydrogen) atoms. The SMILES string of the molecule is CCCCCC[C@@H](CC(=O)OCC)C(=O)OCC. The third-order valence-corrected chi connectivity index (χ3v) is 2.74. The fourth-order valence-corrected chi connectivity index (χ4v) is 1.80. The first-order valence-electron chi connectivity index (χ1n) is 6.97. The molecule has 0 bridgehead atoms. The second-order valence-electron chi connectivity index (χ2n) is 4.31. The summed E-state index contributed by atoms with van der Waals surface area (Å²) < 4.78 is 9.87. The Hall–Kier alpha value is -1.06. The van der Waals surface area contributed by atoms with Gasteiger partial charge < -0.3 is 9.47 Å². The summed E-state index contributed by atoms with van der Waals surface area (Å²) in [4.78, 5) is 23.1. The van der Waals surface area contributed by atoms with E-state index in [1.165, 1.54) is 0 Å². The number of carbonyl (C=O) groups is 2. The van der Waals surface area contributed by atoms with Crippen LogP contribution in [0, 0.1) is 5.92 Å². The molecule has 0 amide bonds. The van der Waals surface area contributed by atoms with Crippen molar-refractivity contribution in [3.8, 4) is 0 Å². The van der Waals surface area contributed by atoms with E-state index < -0.39 is 0 Å². The molecule has 0 fully saturated rings. The van der Waals surface area contributed by atoms with Crippen LogP contribution in [-0.2, 0) is 19.1 Å². The molecule has 0 aliphatic rings. The smallest absolute Gasteiger partial charge is 0.309 e. The van der Waals surface area contributed by atoms with Gasteiger partial charge in [-0.05, 0) is 20.3 Å². The molecule has 0 heterocycles. The molecule has 4 nitrogen and oxygen atoms in total. The normalized spacial score (nSPS) is 11.9. The molecule has 0 saturated carbocycles. The van der Waals surface area contributed by atoms with Gasteiger partial charge in [0.1, 0.15) is 0 Å². The standard InChI is InChI=1S/C14H26O4/c1-4-7-8-9-10-12(14(16)18-6-3)11-13(15)17-5-2/h12H,4-11H2,1-3H3/t12-/m0/s1. The van der Waals surface area contributed by atoms with E-state index in [2.05, 4.69) is 6.92 Å². The molecule has 0 spiro atoms. The lowest BCUT2D eigenvalue weighted by Gasteiger charge is -2.14. The van der Waals surface area contributed by atoms with Gasteiger partial charge >= 0.3 is 11.9 Å². The van der Waals surface area contributed by atoms with Crippen molar-refractivity contribution in [3.05, 3.63) is 0 Å². The largest absolute Gasteiger partial charge is 0.466 e. The van der Waals surface area contributed by atoms with E-state index in [-0.39, 0.29) is 24.3 Å². The van der Waals surface area contributed by atoms with Crippen molar-refractivity contribution < 1.29 is 19.1 Å². The molecule has 0 aromatic rings. The van der Waals surface area contributed by atoms with Gasteiger partial charge in [-0.1, -0.05) is 32.6 Å². The third-order valence-electron chi connectivity index (χ3n) is 2.74. The van der Waals surface area contributed by atoms with Crippen molar-refractivity contribution in [2.45, 2.75) is 59.3 Å². The Balaban J connectivity index is 4.15. The highest BCUT2D eigenvalue weighted by Crippen LogP contribution is 2.17. The van der Waals surface area contributed by atoms with Crippen LogP contribution in [0.5, 0.6) is 0 Å². The molecule has 0 unspecified atom stereocenters. The monoisotopic (exact) mass is 258 g/mol. The number of rotatable bonds is 10. The van der Waals surface area contributed by atoms with Gasteiger partial charge in [-0.25, -0.2) is 0 Å². The fourth-order valence-electron chi connectivity index (χ4n) is 1.80. The highest BCUT2D eigenvalue weighted by Gasteiger charge is 2.23. The fraction of sp³-hybridized carbons (Fsp3) is 0.857. The van der Waals surface area contributed by atoms with Crippen molar-refractivity contribution in [1.29, 1.82) is 0 Å². The van der Waals surface area contributed by atoms with Crippen LogP contribution in [0.2, 0.25) is 0 Å². The molecule has 0 rings (SSSR count). The molecule has 0 aromatic carbocycles. The van der Waals surface area contributed by atoms with Crippen molar-refractivity contribution in [3.63, 3.8) is 0 Å². The third kappa shape index (κ3) is 8.09. The summed E-state index contributed by atoms with van der Waals surface area (Å²) in [7, 11) is 0. The summed E-state index contributed by atoms with van der Waals surface area (Å²) in [5.74, 6) is -0.936. The van der Waals surface area contributed by atoms with Crippen molar-refractivity contribution in [2.75, 3.05) is 13.2 Å². The first-order valence-corrected chi connectivity index (χ1v) is 6.97. The van der Waals surface area contributed by atoms with E-state index in [1.807, 2.05) is 0 Å². The minimum absolute atomic E-state index is 0.138. The molecule has 0 N–H and O–H groups in total. The van der Waals surface area contributed by atoms with Crippen LogP contribution in [0.15, 0.2) is 0 Å². The summed E-state index contributed by atoms with van der Waals surface area (Å²) in [6, 6.07) is 0. The molecular formula is C14H26O4. The zero-order valence-corrected chi connectivity index (χ0v) is 11.9. The number of hydrogen-bond acceptors (Lipinski definition) is 4. The van der Waals surface area contributed by atoms with E-state index in [0.717, 1.165) is 25.7 Å². The van der Waals surface area contributed by atoms with Gasteiger partial charge in [0.05, 0.1) is 25.6 Å². The van der Waals surface area contributed by atoms with Gasteiger partial charge in [0, 0.05) is 0 Å². The predicted molar refractivity (Wildman–Crippen MR) is 70.1 cm³/mol. The van der Waals surface area contributed by atoms with Crippen LogP contribution in [0.1, 0.15) is 59.3 Å². The predicted octanol–water partition coefficient (Wildman–Crippen LogP) is 3.09. The van der Waals surface area contributed by atoms with E-state index in [9.17, 15) is 9.59 Å². The number of hydrogen-bond donors (Lipinski definition) is 0. The number of unbranched alkanes of at least 4 members (excludes halogenated alkanes) is 3. The first kappa shape index (κ1) is 16.9. The van der Waals surface area contributed by atoms with E-state index >= 15 is 0 Å². The van der Waals surface area contributed by atoms with Crippen molar-refractivity contribution in [1.82, 2.24) is 0 Å². The minimum atomic E-state index is -0.346. The summed E-state index contributed by atoms with van der Waals surface area (Å²) in [5.41, 5.74) is 0. The maximum absolute atomic E-state index is 11.7.